The molecule has 0 aliphatic carbocycles. The molecular formula is C48H58N8O8. The molecule has 4 N–H and O–H groups in total. The van der Waals surface area contributed by atoms with E-state index in [0.717, 1.165) is 56.3 Å². The van der Waals surface area contributed by atoms with Gasteiger partial charge in [-0.1, -0.05) is 50.0 Å². The van der Waals surface area contributed by atoms with Gasteiger partial charge >= 0.3 is 12.2 Å². The lowest BCUT2D eigenvalue weighted by atomic mass is 9.89. The van der Waals surface area contributed by atoms with Crippen LogP contribution < -0.4 is 0 Å². The number of imidazole rings is 2. The minimum Gasteiger partial charge on any atom is -0.465 e. The van der Waals surface area contributed by atoms with E-state index in [1.807, 2.05) is 70.7 Å². The number of carbonyl (C=O) groups is 4. The number of hydrogen-bond acceptors (Lipinski definition) is 8. The van der Waals surface area contributed by atoms with Gasteiger partial charge in [0.05, 0.1) is 23.5 Å². The van der Waals surface area contributed by atoms with Crippen molar-refractivity contribution in [3.05, 3.63) is 83.7 Å². The third-order valence-electron chi connectivity index (χ3n) is 13.5. The lowest BCUT2D eigenvalue weighted by Gasteiger charge is -2.37. The SMILES string of the molecule is C[C@H]1C[C@@H](c2nc(-c3ccc(C#Cc4ccc(-c5c[nH]c([C@@H]6C[C@H](C)CN6C(=O)[C@H](C6CCOCC6)N(C)C(=O)O)n5)cc4)cc3)c[nH]2)N(C(=O)[C@H](C2CCOCC2)N(C)C(=O)O)C1. The second kappa shape index (κ2) is 19.3. The van der Waals surface area contributed by atoms with E-state index in [-0.39, 0.29) is 47.6 Å². The molecule has 16 heteroatoms. The first kappa shape index (κ1) is 44.4. The number of ether oxygens (including phenoxy) is 2. The highest BCUT2D eigenvalue weighted by molar-refractivity contribution is 5.87. The van der Waals surface area contributed by atoms with Gasteiger partial charge in [0.25, 0.3) is 0 Å². The summed E-state index contributed by atoms with van der Waals surface area (Å²) in [6, 6.07) is 13.6. The van der Waals surface area contributed by atoms with E-state index >= 15 is 0 Å². The molecule has 6 atom stereocenters. The zero-order chi connectivity index (χ0) is 45.1. The van der Waals surface area contributed by atoms with Crippen LogP contribution in [0.3, 0.4) is 0 Å². The van der Waals surface area contributed by atoms with Crippen LogP contribution in [0.25, 0.3) is 22.5 Å². The molecule has 4 amide bonds. The Morgan fingerprint density at radius 3 is 1.34 bits per heavy atom. The highest BCUT2D eigenvalue weighted by Crippen LogP contribution is 2.39. The number of carboxylic acid groups (broad SMARTS) is 2. The Morgan fingerprint density at radius 1 is 0.641 bits per heavy atom. The highest BCUT2D eigenvalue weighted by Gasteiger charge is 2.45. The fourth-order valence-electron chi connectivity index (χ4n) is 10.0. The number of hydrogen-bond donors (Lipinski definition) is 4. The van der Waals surface area contributed by atoms with Gasteiger partial charge in [-0.05, 0) is 86.5 Å². The Labute approximate surface area is 373 Å². The Bertz CT molecular complexity index is 2200. The van der Waals surface area contributed by atoms with Crippen molar-refractivity contribution in [1.29, 1.82) is 0 Å². The maximum atomic E-state index is 14.1. The summed E-state index contributed by atoms with van der Waals surface area (Å²) in [6.45, 7) is 7.32. The first-order valence-corrected chi connectivity index (χ1v) is 22.4. The molecule has 6 heterocycles. The molecule has 0 bridgehead atoms. The third-order valence-corrected chi connectivity index (χ3v) is 13.5. The van der Waals surface area contributed by atoms with Crippen LogP contribution in [-0.4, -0.2) is 139 Å². The molecule has 4 saturated heterocycles. The van der Waals surface area contributed by atoms with Crippen LogP contribution in [-0.2, 0) is 19.1 Å². The third kappa shape index (κ3) is 9.51. The van der Waals surface area contributed by atoms with Crippen LogP contribution in [0.1, 0.15) is 87.2 Å². The number of carbonyl (C=O) groups excluding carboxylic acids is 2. The second-order valence-corrected chi connectivity index (χ2v) is 18.0. The van der Waals surface area contributed by atoms with Crippen molar-refractivity contribution >= 4 is 24.0 Å². The molecule has 2 aromatic heterocycles. The van der Waals surface area contributed by atoms with Crippen LogP contribution >= 0.6 is 0 Å². The molecule has 0 unspecified atom stereocenters. The van der Waals surface area contributed by atoms with E-state index < -0.39 is 24.3 Å². The first-order valence-electron chi connectivity index (χ1n) is 22.4. The Balaban J connectivity index is 0.912. The summed E-state index contributed by atoms with van der Waals surface area (Å²) in [7, 11) is 2.97. The van der Waals surface area contributed by atoms with E-state index in [1.54, 1.807) is 0 Å². The minimum atomic E-state index is -1.12. The van der Waals surface area contributed by atoms with Crippen LogP contribution in [0.15, 0.2) is 60.9 Å². The summed E-state index contributed by atoms with van der Waals surface area (Å²) in [4.78, 5) is 74.9. The Hall–Kier alpha value is -6.18. The molecule has 8 rings (SSSR count). The molecule has 16 nitrogen and oxygen atoms in total. The van der Waals surface area contributed by atoms with Crippen molar-refractivity contribution in [3.63, 3.8) is 0 Å². The average molecular weight is 875 g/mol. The maximum Gasteiger partial charge on any atom is 0.407 e. The summed E-state index contributed by atoms with van der Waals surface area (Å²) < 4.78 is 11.0. The number of rotatable bonds is 10. The zero-order valence-electron chi connectivity index (χ0n) is 36.9. The largest absolute Gasteiger partial charge is 0.465 e. The summed E-state index contributed by atoms with van der Waals surface area (Å²) in [5, 5.41) is 19.8. The van der Waals surface area contributed by atoms with Crippen molar-refractivity contribution in [2.75, 3.05) is 53.6 Å². The van der Waals surface area contributed by atoms with Crippen LogP contribution in [0, 0.1) is 35.5 Å². The molecule has 0 saturated carbocycles. The Morgan fingerprint density at radius 2 is 1.00 bits per heavy atom. The van der Waals surface area contributed by atoms with Gasteiger partial charge < -0.3 is 39.5 Å². The fraction of sp³-hybridized carbons (Fsp3) is 0.500. The number of amides is 4. The molecule has 2 aromatic carbocycles. The summed E-state index contributed by atoms with van der Waals surface area (Å²) in [5.74, 6) is 7.74. The number of benzene rings is 2. The molecule has 4 aliphatic rings. The van der Waals surface area contributed by atoms with E-state index in [0.29, 0.717) is 76.8 Å². The van der Waals surface area contributed by atoms with Crippen molar-refractivity contribution in [3.8, 4) is 34.4 Å². The number of aromatic amines is 2. The number of nitrogens with one attached hydrogen (secondary N) is 2. The molecule has 338 valence electrons. The molecule has 4 fully saturated rings. The number of H-pyrrole nitrogens is 2. The van der Waals surface area contributed by atoms with Crippen LogP contribution in [0.2, 0.25) is 0 Å². The van der Waals surface area contributed by atoms with Gasteiger partial charge in [0.15, 0.2) is 0 Å². The van der Waals surface area contributed by atoms with Gasteiger partial charge in [-0.3, -0.25) is 19.4 Å². The lowest BCUT2D eigenvalue weighted by Crippen LogP contribution is -2.53. The van der Waals surface area contributed by atoms with Gasteiger partial charge in [0, 0.05) is 88.3 Å². The first-order chi connectivity index (χ1) is 30.9. The van der Waals surface area contributed by atoms with Crippen molar-refractivity contribution < 1.29 is 38.9 Å². The molecular weight excluding hydrogens is 817 g/mol. The Kier molecular flexibility index (Phi) is 13.4. The average Bonchev–Trinajstić information content (AvgIpc) is 4.14. The molecule has 0 radical (unpaired) electrons. The maximum absolute atomic E-state index is 14.1. The van der Waals surface area contributed by atoms with Gasteiger partial charge in [-0.2, -0.15) is 0 Å². The highest BCUT2D eigenvalue weighted by atomic mass is 16.5. The second-order valence-electron chi connectivity index (χ2n) is 18.0. The van der Waals surface area contributed by atoms with E-state index in [9.17, 15) is 29.4 Å². The van der Waals surface area contributed by atoms with Crippen molar-refractivity contribution in [2.45, 2.75) is 76.5 Å². The van der Waals surface area contributed by atoms with E-state index in [2.05, 4.69) is 35.7 Å². The standard InChI is InChI=1S/C48H58N8O8/c1-29-23-39(55(27-29)45(57)41(53(3)47(59)60)35-15-19-63-20-16-35)43-49-25-37(51-43)33-11-7-31(8-12-33)5-6-32-9-13-34(14-10-32)38-26-50-44(52-38)40-24-30(2)28-56(40)46(58)42(54(4)48(61)62)36-17-21-64-22-18-36/h7-14,25-26,29-30,35-36,39-42H,15-24,27-28H2,1-4H3,(H,49,51)(H,50,52)(H,59,60)(H,61,62)/t29-,30-,39-,40-,41-,42-/m0/s1. The number of likely N-dealkylation sites (N-methyl/N-ethyl adjacent to an activating group) is 2. The topological polar surface area (TPSA) is 198 Å². The number of likely N-dealkylation sites (tertiary alicyclic amines) is 2. The minimum absolute atomic E-state index is 0.111. The number of nitrogens with zero attached hydrogens (tertiary/aromatic N) is 6. The summed E-state index contributed by atoms with van der Waals surface area (Å²) >= 11 is 0. The predicted octanol–water partition coefficient (Wildman–Crippen LogP) is 6.50. The monoisotopic (exact) mass is 874 g/mol. The zero-order valence-corrected chi connectivity index (χ0v) is 36.9. The van der Waals surface area contributed by atoms with Crippen LogP contribution in [0.4, 0.5) is 9.59 Å². The van der Waals surface area contributed by atoms with Gasteiger partial charge in [-0.15, -0.1) is 0 Å². The molecule has 64 heavy (non-hydrogen) atoms. The normalized spacial score (nSPS) is 22.7. The molecule has 4 aliphatic heterocycles. The fourth-order valence-corrected chi connectivity index (χ4v) is 10.0. The van der Waals surface area contributed by atoms with E-state index in [4.69, 9.17) is 19.4 Å². The smallest absolute Gasteiger partial charge is 0.407 e. The molecule has 4 aromatic rings. The van der Waals surface area contributed by atoms with Gasteiger partial charge in [0.1, 0.15) is 23.7 Å². The van der Waals surface area contributed by atoms with Crippen molar-refractivity contribution in [2.24, 2.45) is 23.7 Å². The van der Waals surface area contributed by atoms with Gasteiger partial charge in [0.2, 0.25) is 11.8 Å². The van der Waals surface area contributed by atoms with E-state index in [1.165, 1.54) is 14.1 Å². The summed E-state index contributed by atoms with van der Waals surface area (Å²) in [5.41, 5.74) is 4.96. The summed E-state index contributed by atoms with van der Waals surface area (Å²) in [6.07, 6.45) is 5.44. The van der Waals surface area contributed by atoms with Crippen LogP contribution in [0.5, 0.6) is 0 Å². The number of aromatic nitrogens is 4. The predicted molar refractivity (Wildman–Crippen MR) is 237 cm³/mol. The molecule has 0 spiro atoms. The quantitative estimate of drug-likeness (QED) is 0.128. The van der Waals surface area contributed by atoms with Crippen molar-refractivity contribution in [1.82, 2.24) is 39.5 Å². The lowest BCUT2D eigenvalue weighted by molar-refractivity contribution is -0.141. The van der Waals surface area contributed by atoms with Gasteiger partial charge in [-0.25, -0.2) is 19.6 Å².